The Morgan fingerprint density at radius 1 is 1.00 bits per heavy atom. The molecule has 1 N–H and O–H groups in total. The minimum Gasteiger partial charge on any atom is -0.497 e. The average Bonchev–Trinajstić information content (AvgIpc) is 2.85. The highest BCUT2D eigenvalue weighted by molar-refractivity contribution is 5.94. The van der Waals surface area contributed by atoms with Crippen LogP contribution in [-0.2, 0) is 4.79 Å². The Morgan fingerprint density at radius 3 is 2.42 bits per heavy atom. The standard InChI is InChI=1S/C23H25N5O3/c1-30-18-3-4-20(21(15-18)31-2)25-23(29)17-9-13-28(14-10-17)22-6-5-19(26-27-22)16-7-11-24-12-8-16/h3-8,11-12,15,17H,9-10,13-14H2,1-2H3,(H,25,29). The summed E-state index contributed by atoms with van der Waals surface area (Å²) in [6.45, 7) is 1.50. The summed E-state index contributed by atoms with van der Waals surface area (Å²) in [6, 6.07) is 13.1. The second-order valence-corrected chi connectivity index (χ2v) is 7.33. The average molecular weight is 419 g/mol. The molecule has 1 aliphatic rings. The smallest absolute Gasteiger partial charge is 0.227 e. The number of anilines is 2. The Labute approximate surface area is 181 Å². The molecule has 0 atom stereocenters. The van der Waals surface area contributed by atoms with E-state index < -0.39 is 0 Å². The SMILES string of the molecule is COc1ccc(NC(=O)C2CCN(c3ccc(-c4ccncc4)nn3)CC2)c(OC)c1. The van der Waals surface area contributed by atoms with Gasteiger partial charge in [0.2, 0.25) is 5.91 Å². The Balaban J connectivity index is 1.35. The molecule has 0 unspecified atom stereocenters. The van der Waals surface area contributed by atoms with Gasteiger partial charge in [0.05, 0.1) is 25.6 Å². The van der Waals surface area contributed by atoms with E-state index in [2.05, 4.69) is 25.4 Å². The van der Waals surface area contributed by atoms with Crippen molar-refractivity contribution in [2.75, 3.05) is 37.5 Å². The van der Waals surface area contributed by atoms with Crippen molar-refractivity contribution in [2.24, 2.45) is 5.92 Å². The zero-order valence-corrected chi connectivity index (χ0v) is 17.6. The third-order valence-electron chi connectivity index (χ3n) is 5.48. The topological polar surface area (TPSA) is 89.5 Å². The number of hydrogen-bond donors (Lipinski definition) is 1. The van der Waals surface area contributed by atoms with Gasteiger partial charge in [0, 0.05) is 43.0 Å². The van der Waals surface area contributed by atoms with Crippen molar-refractivity contribution in [3.8, 4) is 22.8 Å². The van der Waals surface area contributed by atoms with Crippen molar-refractivity contribution < 1.29 is 14.3 Å². The number of carbonyl (C=O) groups excluding carboxylic acids is 1. The van der Waals surface area contributed by atoms with Crippen LogP contribution in [0.4, 0.5) is 11.5 Å². The highest BCUT2D eigenvalue weighted by atomic mass is 16.5. The molecule has 0 saturated carbocycles. The zero-order chi connectivity index (χ0) is 21.6. The maximum Gasteiger partial charge on any atom is 0.227 e. The van der Waals surface area contributed by atoms with Gasteiger partial charge in [-0.15, -0.1) is 10.2 Å². The molecule has 1 aromatic carbocycles. The molecule has 4 rings (SSSR count). The van der Waals surface area contributed by atoms with Crippen LogP contribution in [0.3, 0.4) is 0 Å². The molecule has 8 heteroatoms. The molecule has 3 heterocycles. The Hall–Kier alpha value is -3.68. The third kappa shape index (κ3) is 4.74. The molecule has 31 heavy (non-hydrogen) atoms. The van der Waals surface area contributed by atoms with Gasteiger partial charge in [-0.25, -0.2) is 0 Å². The van der Waals surface area contributed by atoms with Crippen LogP contribution in [0, 0.1) is 5.92 Å². The van der Waals surface area contributed by atoms with Crippen LogP contribution < -0.4 is 19.7 Å². The van der Waals surface area contributed by atoms with Gasteiger partial charge >= 0.3 is 0 Å². The van der Waals surface area contributed by atoms with Gasteiger partial charge < -0.3 is 19.7 Å². The van der Waals surface area contributed by atoms with E-state index in [-0.39, 0.29) is 11.8 Å². The molecule has 3 aromatic rings. The number of aromatic nitrogens is 3. The molecule has 1 aliphatic heterocycles. The lowest BCUT2D eigenvalue weighted by Crippen LogP contribution is -2.38. The first-order valence-corrected chi connectivity index (χ1v) is 10.2. The lowest BCUT2D eigenvalue weighted by atomic mass is 9.95. The summed E-state index contributed by atoms with van der Waals surface area (Å²) in [7, 11) is 3.17. The first-order chi connectivity index (χ1) is 15.2. The molecule has 1 fully saturated rings. The van der Waals surface area contributed by atoms with E-state index in [0.717, 1.165) is 43.0 Å². The number of benzene rings is 1. The van der Waals surface area contributed by atoms with E-state index in [1.807, 2.05) is 24.3 Å². The molecule has 0 aliphatic carbocycles. The minimum atomic E-state index is -0.0629. The number of rotatable bonds is 6. The van der Waals surface area contributed by atoms with Gasteiger partial charge in [-0.3, -0.25) is 9.78 Å². The summed E-state index contributed by atoms with van der Waals surface area (Å²) in [5.41, 5.74) is 2.44. The van der Waals surface area contributed by atoms with E-state index in [0.29, 0.717) is 17.2 Å². The van der Waals surface area contributed by atoms with Gasteiger partial charge in [0.15, 0.2) is 5.82 Å². The summed E-state index contributed by atoms with van der Waals surface area (Å²) in [4.78, 5) is 19.0. The minimum absolute atomic E-state index is 0.00207. The molecular weight excluding hydrogens is 394 g/mol. The molecule has 1 amide bonds. The predicted octanol–water partition coefficient (Wildman–Crippen LogP) is 3.41. The van der Waals surface area contributed by atoms with Crippen molar-refractivity contribution in [3.63, 3.8) is 0 Å². The largest absolute Gasteiger partial charge is 0.497 e. The molecule has 1 saturated heterocycles. The molecule has 0 radical (unpaired) electrons. The fraction of sp³-hybridized carbons (Fsp3) is 0.304. The fourth-order valence-corrected chi connectivity index (χ4v) is 3.68. The second-order valence-electron chi connectivity index (χ2n) is 7.33. The maximum absolute atomic E-state index is 12.8. The third-order valence-corrected chi connectivity index (χ3v) is 5.48. The first kappa shape index (κ1) is 20.6. The highest BCUT2D eigenvalue weighted by Crippen LogP contribution is 2.30. The molecule has 0 bridgehead atoms. The van der Waals surface area contributed by atoms with Gasteiger partial charge in [-0.1, -0.05) is 0 Å². The second kappa shape index (κ2) is 9.42. The maximum atomic E-state index is 12.8. The van der Waals surface area contributed by atoms with E-state index in [4.69, 9.17) is 9.47 Å². The summed E-state index contributed by atoms with van der Waals surface area (Å²) < 4.78 is 10.6. The van der Waals surface area contributed by atoms with Crippen molar-refractivity contribution >= 4 is 17.4 Å². The van der Waals surface area contributed by atoms with Gasteiger partial charge in [0.1, 0.15) is 11.5 Å². The number of hydrogen-bond acceptors (Lipinski definition) is 7. The molecule has 2 aromatic heterocycles. The van der Waals surface area contributed by atoms with Crippen molar-refractivity contribution in [1.82, 2.24) is 15.2 Å². The molecule has 0 spiro atoms. The van der Waals surface area contributed by atoms with Crippen molar-refractivity contribution in [2.45, 2.75) is 12.8 Å². The number of nitrogens with zero attached hydrogens (tertiary/aromatic N) is 4. The summed E-state index contributed by atoms with van der Waals surface area (Å²) in [5.74, 6) is 2.02. The van der Waals surface area contributed by atoms with Crippen molar-refractivity contribution in [1.29, 1.82) is 0 Å². The van der Waals surface area contributed by atoms with Crippen LogP contribution >= 0.6 is 0 Å². The van der Waals surface area contributed by atoms with E-state index >= 15 is 0 Å². The Morgan fingerprint density at radius 2 is 1.77 bits per heavy atom. The Kier molecular flexibility index (Phi) is 6.26. The number of pyridine rings is 1. The van der Waals surface area contributed by atoms with E-state index in [1.54, 1.807) is 44.8 Å². The number of methoxy groups -OCH3 is 2. The number of carbonyl (C=O) groups is 1. The van der Waals surface area contributed by atoms with Crippen LogP contribution in [0.15, 0.2) is 54.9 Å². The lowest BCUT2D eigenvalue weighted by molar-refractivity contribution is -0.120. The number of nitrogens with one attached hydrogen (secondary N) is 1. The van der Waals surface area contributed by atoms with E-state index in [1.165, 1.54) is 0 Å². The van der Waals surface area contributed by atoms with Crippen LogP contribution in [-0.4, -0.2) is 48.4 Å². The van der Waals surface area contributed by atoms with Crippen LogP contribution in [0.2, 0.25) is 0 Å². The van der Waals surface area contributed by atoms with Crippen molar-refractivity contribution in [3.05, 3.63) is 54.9 Å². The zero-order valence-electron chi connectivity index (χ0n) is 17.6. The first-order valence-electron chi connectivity index (χ1n) is 10.2. The summed E-state index contributed by atoms with van der Waals surface area (Å²) >= 11 is 0. The molecular formula is C23H25N5O3. The summed E-state index contributed by atoms with van der Waals surface area (Å²) in [6.07, 6.45) is 4.97. The normalized spacial score (nSPS) is 14.2. The van der Waals surface area contributed by atoms with Gasteiger partial charge in [-0.05, 0) is 49.2 Å². The van der Waals surface area contributed by atoms with Crippen LogP contribution in [0.1, 0.15) is 12.8 Å². The summed E-state index contributed by atoms with van der Waals surface area (Å²) in [5, 5.41) is 11.7. The number of amides is 1. The quantitative estimate of drug-likeness (QED) is 0.655. The monoisotopic (exact) mass is 419 g/mol. The molecule has 8 nitrogen and oxygen atoms in total. The van der Waals surface area contributed by atoms with Gasteiger partial charge in [-0.2, -0.15) is 0 Å². The van der Waals surface area contributed by atoms with Crippen LogP contribution in [0.5, 0.6) is 11.5 Å². The van der Waals surface area contributed by atoms with Gasteiger partial charge in [0.25, 0.3) is 0 Å². The Bertz CT molecular complexity index is 1020. The predicted molar refractivity (Wildman–Crippen MR) is 118 cm³/mol. The number of ether oxygens (including phenoxy) is 2. The van der Waals surface area contributed by atoms with E-state index in [9.17, 15) is 4.79 Å². The fourth-order valence-electron chi connectivity index (χ4n) is 3.68. The van der Waals surface area contributed by atoms with Crippen LogP contribution in [0.25, 0.3) is 11.3 Å². The molecule has 160 valence electrons. The number of piperidine rings is 1. The lowest BCUT2D eigenvalue weighted by Gasteiger charge is -2.32. The highest BCUT2D eigenvalue weighted by Gasteiger charge is 2.26.